The van der Waals surface area contributed by atoms with Crippen LogP contribution in [-0.2, 0) is 6.18 Å². The number of alkyl halides is 3. The highest BCUT2D eigenvalue weighted by atomic mass is 19.4. The average molecular weight is 290 g/mol. The normalized spacial score (nSPS) is 12.5. The second-order valence-electron chi connectivity index (χ2n) is 4.29. The quantitative estimate of drug-likeness (QED) is 0.812. The lowest BCUT2D eigenvalue weighted by atomic mass is 9.92. The first-order valence-corrected chi connectivity index (χ1v) is 5.94. The minimum absolute atomic E-state index is 0.153. The van der Waals surface area contributed by atoms with E-state index in [9.17, 15) is 18.0 Å². The second-order valence-corrected chi connectivity index (χ2v) is 4.29. The Morgan fingerprint density at radius 1 is 1.24 bits per heavy atom. The third-order valence-electron chi connectivity index (χ3n) is 2.88. The smallest absolute Gasteiger partial charge is 0.292 e. The van der Waals surface area contributed by atoms with E-state index in [2.05, 4.69) is 4.98 Å². The lowest BCUT2D eigenvalue weighted by Crippen LogP contribution is -2.13. The number of carbonyl (C=O) groups excluding carboxylic acids is 1. The van der Waals surface area contributed by atoms with E-state index >= 15 is 0 Å². The van der Waals surface area contributed by atoms with Crippen LogP contribution < -0.4 is 0 Å². The number of nitrogens with zero attached hydrogens (tertiary/aromatic N) is 2. The van der Waals surface area contributed by atoms with Gasteiger partial charge in [-0.15, -0.1) is 0 Å². The Hall–Kier alpha value is -2.68. The number of hydrogen-bond donors (Lipinski definition) is 0. The zero-order valence-electron chi connectivity index (χ0n) is 10.6. The molecule has 6 heteroatoms. The van der Waals surface area contributed by atoms with Gasteiger partial charge in [-0.05, 0) is 23.8 Å². The van der Waals surface area contributed by atoms with Crippen LogP contribution in [0.25, 0.3) is 0 Å². The molecule has 2 rings (SSSR count). The van der Waals surface area contributed by atoms with E-state index in [1.54, 1.807) is 12.1 Å². The molecule has 1 atom stereocenters. The van der Waals surface area contributed by atoms with Gasteiger partial charge in [0.05, 0.1) is 11.6 Å². The first-order chi connectivity index (χ1) is 9.93. The predicted molar refractivity (Wildman–Crippen MR) is 68.4 cm³/mol. The first kappa shape index (κ1) is 14.7. The number of benzene rings is 1. The molecule has 0 saturated carbocycles. The molecular weight excluding hydrogens is 281 g/mol. The predicted octanol–water partition coefficient (Wildman–Crippen LogP) is 3.59. The van der Waals surface area contributed by atoms with Crippen molar-refractivity contribution < 1.29 is 18.0 Å². The van der Waals surface area contributed by atoms with Crippen LogP contribution in [0.1, 0.15) is 27.4 Å². The molecule has 21 heavy (non-hydrogen) atoms. The summed E-state index contributed by atoms with van der Waals surface area (Å²) in [4.78, 5) is 16.0. The summed E-state index contributed by atoms with van der Waals surface area (Å²) in [5.74, 6) is -1.86. The Kier molecular flexibility index (Phi) is 4.03. The minimum atomic E-state index is -4.53. The maximum atomic E-state index is 12.7. The summed E-state index contributed by atoms with van der Waals surface area (Å²) < 4.78 is 38.0. The van der Waals surface area contributed by atoms with E-state index in [1.165, 1.54) is 24.5 Å². The molecule has 0 aliphatic heterocycles. The summed E-state index contributed by atoms with van der Waals surface area (Å²) in [5.41, 5.74) is -0.723. The number of rotatable bonds is 3. The van der Waals surface area contributed by atoms with Crippen molar-refractivity contribution in [1.82, 2.24) is 4.98 Å². The van der Waals surface area contributed by atoms with Crippen molar-refractivity contribution in [2.45, 2.75) is 12.1 Å². The lowest BCUT2D eigenvalue weighted by molar-refractivity contribution is -0.137. The van der Waals surface area contributed by atoms with Crippen molar-refractivity contribution in [2.75, 3.05) is 0 Å². The third kappa shape index (κ3) is 3.26. The molecule has 0 radical (unpaired) electrons. The van der Waals surface area contributed by atoms with Crippen LogP contribution in [0.15, 0.2) is 48.8 Å². The fourth-order valence-electron chi connectivity index (χ4n) is 1.85. The molecule has 0 aliphatic rings. The van der Waals surface area contributed by atoms with Crippen LogP contribution in [0.3, 0.4) is 0 Å². The Balaban J connectivity index is 2.38. The summed E-state index contributed by atoms with van der Waals surface area (Å²) in [6, 6.07) is 8.93. The SMILES string of the molecule is N#CC(C(=O)c1cccc(C(F)(F)F)c1)c1cccnc1. The fourth-order valence-corrected chi connectivity index (χ4v) is 1.85. The summed E-state index contributed by atoms with van der Waals surface area (Å²) in [6.07, 6.45) is -1.71. The third-order valence-corrected chi connectivity index (χ3v) is 2.88. The van der Waals surface area contributed by atoms with Crippen LogP contribution in [0, 0.1) is 11.3 Å². The van der Waals surface area contributed by atoms with Gasteiger partial charge in [-0.1, -0.05) is 18.2 Å². The first-order valence-electron chi connectivity index (χ1n) is 5.94. The van der Waals surface area contributed by atoms with Gasteiger partial charge in [0.25, 0.3) is 0 Å². The van der Waals surface area contributed by atoms with E-state index in [0.29, 0.717) is 5.56 Å². The second kappa shape index (κ2) is 5.75. The van der Waals surface area contributed by atoms with Crippen LogP contribution in [-0.4, -0.2) is 10.8 Å². The largest absolute Gasteiger partial charge is 0.416 e. The van der Waals surface area contributed by atoms with Gasteiger partial charge >= 0.3 is 6.18 Å². The molecule has 0 aliphatic carbocycles. The molecule has 3 nitrogen and oxygen atoms in total. The van der Waals surface area contributed by atoms with Gasteiger partial charge < -0.3 is 0 Å². The highest BCUT2D eigenvalue weighted by Crippen LogP contribution is 2.30. The van der Waals surface area contributed by atoms with Crippen molar-refractivity contribution in [3.05, 3.63) is 65.5 Å². The molecule has 0 bridgehead atoms. The van der Waals surface area contributed by atoms with E-state index in [1.807, 2.05) is 0 Å². The number of carbonyl (C=O) groups is 1. The molecular formula is C15H9F3N2O. The molecule has 1 aromatic heterocycles. The maximum Gasteiger partial charge on any atom is 0.416 e. The van der Waals surface area contributed by atoms with Gasteiger partial charge in [-0.3, -0.25) is 9.78 Å². The summed E-state index contributed by atoms with van der Waals surface area (Å²) in [6.45, 7) is 0. The van der Waals surface area contributed by atoms with Gasteiger partial charge in [0, 0.05) is 18.0 Å². The van der Waals surface area contributed by atoms with Gasteiger partial charge in [-0.25, -0.2) is 0 Å². The molecule has 0 saturated heterocycles. The molecule has 2 aromatic rings. The Morgan fingerprint density at radius 3 is 2.57 bits per heavy atom. The maximum absolute atomic E-state index is 12.7. The summed E-state index contributed by atoms with van der Waals surface area (Å²) in [7, 11) is 0. The van der Waals surface area contributed by atoms with Gasteiger partial charge in [-0.2, -0.15) is 18.4 Å². The molecule has 0 spiro atoms. The molecule has 0 N–H and O–H groups in total. The highest BCUT2D eigenvalue weighted by Gasteiger charge is 2.31. The van der Waals surface area contributed by atoms with Crippen molar-refractivity contribution in [2.24, 2.45) is 0 Å². The number of ketones is 1. The Morgan fingerprint density at radius 2 is 2.00 bits per heavy atom. The Bertz CT molecular complexity index is 690. The van der Waals surface area contributed by atoms with Crippen LogP contribution in [0.4, 0.5) is 13.2 Å². The average Bonchev–Trinajstić information content (AvgIpc) is 2.48. The molecule has 106 valence electrons. The number of aromatic nitrogens is 1. The van der Waals surface area contributed by atoms with E-state index in [0.717, 1.165) is 18.2 Å². The fraction of sp³-hybridized carbons (Fsp3) is 0.133. The van der Waals surface area contributed by atoms with Crippen LogP contribution >= 0.6 is 0 Å². The number of pyridine rings is 1. The van der Waals surface area contributed by atoms with E-state index in [4.69, 9.17) is 5.26 Å². The van der Waals surface area contributed by atoms with Gasteiger partial charge in [0.1, 0.15) is 5.92 Å². The number of hydrogen-bond acceptors (Lipinski definition) is 3. The number of nitriles is 1. The van der Waals surface area contributed by atoms with Crippen molar-refractivity contribution in [1.29, 1.82) is 5.26 Å². The number of halogens is 3. The summed E-state index contributed by atoms with van der Waals surface area (Å²) in [5, 5.41) is 9.12. The van der Waals surface area contributed by atoms with Crippen molar-refractivity contribution in [3.63, 3.8) is 0 Å². The van der Waals surface area contributed by atoms with Crippen molar-refractivity contribution >= 4 is 5.78 Å². The molecule has 1 aromatic carbocycles. The zero-order chi connectivity index (χ0) is 15.5. The molecule has 1 heterocycles. The standard InChI is InChI=1S/C15H9F3N2O/c16-15(17,18)12-5-1-3-10(7-12)14(21)13(8-19)11-4-2-6-20-9-11/h1-7,9,13H. The molecule has 0 fully saturated rings. The van der Waals surface area contributed by atoms with Gasteiger partial charge in [0.15, 0.2) is 5.78 Å². The number of Topliss-reactive ketones (excluding diaryl/α,β-unsaturated/α-hetero) is 1. The zero-order valence-corrected chi connectivity index (χ0v) is 10.6. The molecule has 0 amide bonds. The molecule has 1 unspecified atom stereocenters. The highest BCUT2D eigenvalue weighted by molar-refractivity contribution is 6.02. The minimum Gasteiger partial charge on any atom is -0.292 e. The van der Waals surface area contributed by atoms with E-state index in [-0.39, 0.29) is 5.56 Å². The summed E-state index contributed by atoms with van der Waals surface area (Å²) >= 11 is 0. The lowest BCUT2D eigenvalue weighted by Gasteiger charge is -2.11. The topological polar surface area (TPSA) is 53.8 Å². The van der Waals surface area contributed by atoms with Crippen LogP contribution in [0.5, 0.6) is 0 Å². The van der Waals surface area contributed by atoms with Crippen molar-refractivity contribution in [3.8, 4) is 6.07 Å². The van der Waals surface area contributed by atoms with Crippen LogP contribution in [0.2, 0.25) is 0 Å². The van der Waals surface area contributed by atoms with Gasteiger partial charge in [0.2, 0.25) is 0 Å². The monoisotopic (exact) mass is 290 g/mol. The van der Waals surface area contributed by atoms with E-state index < -0.39 is 23.4 Å². The Labute approximate surface area is 118 Å².